The van der Waals surface area contributed by atoms with E-state index in [0.717, 1.165) is 25.1 Å². The molecular weight excluding hydrogens is 303 g/mol. The zero-order valence-electron chi connectivity index (χ0n) is 11.9. The number of anilines is 1. The summed E-state index contributed by atoms with van der Waals surface area (Å²) in [6.45, 7) is 4.00. The maximum atomic E-state index is 6.08. The molecule has 0 saturated heterocycles. The van der Waals surface area contributed by atoms with E-state index in [9.17, 15) is 0 Å². The predicted octanol–water partition coefficient (Wildman–Crippen LogP) is 4.81. The third kappa shape index (κ3) is 3.18. The second kappa shape index (κ2) is 6.27. The molecule has 1 aliphatic heterocycles. The van der Waals surface area contributed by atoms with Gasteiger partial charge in [-0.2, -0.15) is 0 Å². The van der Waals surface area contributed by atoms with Crippen LogP contribution in [-0.4, -0.2) is 6.54 Å². The third-order valence-electron chi connectivity index (χ3n) is 3.98. The summed E-state index contributed by atoms with van der Waals surface area (Å²) in [6, 6.07) is 12.5. The van der Waals surface area contributed by atoms with Gasteiger partial charge in [0, 0.05) is 24.8 Å². The minimum absolute atomic E-state index is 0.219. The van der Waals surface area contributed by atoms with Gasteiger partial charge in [0.05, 0.1) is 10.0 Å². The molecule has 2 aromatic carbocycles. The molecule has 0 bridgehead atoms. The van der Waals surface area contributed by atoms with Crippen LogP contribution in [0, 0.1) is 0 Å². The van der Waals surface area contributed by atoms with Gasteiger partial charge in [0.1, 0.15) is 0 Å². The molecule has 3 rings (SSSR count). The quantitative estimate of drug-likeness (QED) is 0.844. The van der Waals surface area contributed by atoms with Crippen LogP contribution in [0.3, 0.4) is 0 Å². The highest BCUT2D eigenvalue weighted by molar-refractivity contribution is 6.42. The summed E-state index contributed by atoms with van der Waals surface area (Å²) in [5.41, 5.74) is 5.17. The lowest BCUT2D eigenvalue weighted by Gasteiger charge is -2.16. The molecule has 0 radical (unpaired) electrons. The molecule has 1 unspecified atom stereocenters. The molecule has 2 nitrogen and oxygen atoms in total. The molecule has 0 aliphatic carbocycles. The SMILES string of the molecule is CC(NCc1cccc2c1NCC2)c1ccc(Cl)c(Cl)c1. The molecule has 110 valence electrons. The second-order valence-corrected chi connectivity index (χ2v) is 6.22. The van der Waals surface area contributed by atoms with Crippen molar-refractivity contribution in [3.8, 4) is 0 Å². The average Bonchev–Trinajstić information content (AvgIpc) is 2.96. The number of hydrogen-bond acceptors (Lipinski definition) is 2. The van der Waals surface area contributed by atoms with Crippen LogP contribution in [0.1, 0.15) is 29.7 Å². The third-order valence-corrected chi connectivity index (χ3v) is 4.71. The zero-order valence-corrected chi connectivity index (χ0v) is 13.4. The molecule has 21 heavy (non-hydrogen) atoms. The van der Waals surface area contributed by atoms with Crippen molar-refractivity contribution in [2.75, 3.05) is 11.9 Å². The van der Waals surface area contributed by atoms with Crippen LogP contribution in [0.15, 0.2) is 36.4 Å². The standard InChI is InChI=1S/C17H18Cl2N2/c1-11(13-5-6-15(18)16(19)9-13)21-10-14-4-2-3-12-7-8-20-17(12)14/h2-6,9,11,20-21H,7-8,10H2,1H3. The molecule has 2 aromatic rings. The summed E-state index contributed by atoms with van der Waals surface area (Å²) in [4.78, 5) is 0. The predicted molar refractivity (Wildman–Crippen MR) is 90.4 cm³/mol. The number of nitrogens with one attached hydrogen (secondary N) is 2. The van der Waals surface area contributed by atoms with Crippen LogP contribution in [0.2, 0.25) is 10.0 Å². The summed E-state index contributed by atoms with van der Waals surface area (Å²) in [7, 11) is 0. The highest BCUT2D eigenvalue weighted by atomic mass is 35.5. The van der Waals surface area contributed by atoms with E-state index < -0.39 is 0 Å². The van der Waals surface area contributed by atoms with Crippen molar-refractivity contribution >= 4 is 28.9 Å². The van der Waals surface area contributed by atoms with Crippen molar-refractivity contribution in [2.24, 2.45) is 0 Å². The molecule has 1 heterocycles. The van der Waals surface area contributed by atoms with Crippen LogP contribution in [0.4, 0.5) is 5.69 Å². The Hall–Kier alpha value is -1.22. The van der Waals surface area contributed by atoms with E-state index in [0.29, 0.717) is 10.0 Å². The van der Waals surface area contributed by atoms with Gasteiger partial charge in [-0.25, -0.2) is 0 Å². The van der Waals surface area contributed by atoms with Crippen LogP contribution < -0.4 is 10.6 Å². The monoisotopic (exact) mass is 320 g/mol. The normalized spacial score (nSPS) is 14.6. The van der Waals surface area contributed by atoms with Gasteiger partial charge in [0.25, 0.3) is 0 Å². The van der Waals surface area contributed by atoms with Crippen molar-refractivity contribution in [2.45, 2.75) is 25.9 Å². The molecule has 0 fully saturated rings. The van der Waals surface area contributed by atoms with Crippen LogP contribution in [-0.2, 0) is 13.0 Å². The lowest BCUT2D eigenvalue weighted by Crippen LogP contribution is -2.18. The Morgan fingerprint density at radius 2 is 2.05 bits per heavy atom. The molecule has 1 atom stereocenters. The van der Waals surface area contributed by atoms with E-state index in [1.807, 2.05) is 18.2 Å². The minimum Gasteiger partial charge on any atom is -0.384 e. The molecule has 2 N–H and O–H groups in total. The number of para-hydroxylation sites is 1. The molecule has 0 spiro atoms. The Morgan fingerprint density at radius 1 is 1.19 bits per heavy atom. The van der Waals surface area contributed by atoms with Gasteiger partial charge < -0.3 is 10.6 Å². The van der Waals surface area contributed by atoms with Crippen LogP contribution in [0.5, 0.6) is 0 Å². The van der Waals surface area contributed by atoms with Gasteiger partial charge in [0.15, 0.2) is 0 Å². The van der Waals surface area contributed by atoms with Gasteiger partial charge in [-0.15, -0.1) is 0 Å². The van der Waals surface area contributed by atoms with Crippen molar-refractivity contribution in [3.63, 3.8) is 0 Å². The van der Waals surface area contributed by atoms with Gasteiger partial charge >= 0.3 is 0 Å². The first-order valence-corrected chi connectivity index (χ1v) is 7.93. The fourth-order valence-electron chi connectivity index (χ4n) is 2.72. The van der Waals surface area contributed by atoms with Crippen molar-refractivity contribution in [1.82, 2.24) is 5.32 Å². The van der Waals surface area contributed by atoms with Crippen molar-refractivity contribution < 1.29 is 0 Å². The van der Waals surface area contributed by atoms with Crippen molar-refractivity contribution in [1.29, 1.82) is 0 Å². The summed E-state index contributed by atoms with van der Waals surface area (Å²) >= 11 is 12.0. The summed E-state index contributed by atoms with van der Waals surface area (Å²) in [6.07, 6.45) is 1.12. The smallest absolute Gasteiger partial charge is 0.0595 e. The summed E-state index contributed by atoms with van der Waals surface area (Å²) < 4.78 is 0. The molecule has 4 heteroatoms. The van der Waals surface area contributed by atoms with E-state index in [1.165, 1.54) is 16.8 Å². The number of fused-ring (bicyclic) bond motifs is 1. The Morgan fingerprint density at radius 3 is 2.86 bits per heavy atom. The molecule has 0 saturated carbocycles. The summed E-state index contributed by atoms with van der Waals surface area (Å²) in [5.74, 6) is 0. The number of rotatable bonds is 4. The van der Waals surface area contributed by atoms with E-state index in [2.05, 4.69) is 35.8 Å². The van der Waals surface area contributed by atoms with Gasteiger partial charge in [-0.3, -0.25) is 0 Å². The first-order valence-electron chi connectivity index (χ1n) is 7.18. The van der Waals surface area contributed by atoms with Gasteiger partial charge in [0.2, 0.25) is 0 Å². The maximum absolute atomic E-state index is 6.08. The first-order chi connectivity index (χ1) is 10.1. The molecular formula is C17H18Cl2N2. The Bertz CT molecular complexity index is 655. The molecule has 1 aliphatic rings. The fraction of sp³-hybridized carbons (Fsp3) is 0.294. The Labute approximate surface area is 135 Å². The first kappa shape index (κ1) is 14.7. The lowest BCUT2D eigenvalue weighted by molar-refractivity contribution is 0.575. The largest absolute Gasteiger partial charge is 0.384 e. The van der Waals surface area contributed by atoms with Gasteiger partial charge in [-0.05, 0) is 42.2 Å². The van der Waals surface area contributed by atoms with E-state index in [4.69, 9.17) is 23.2 Å². The van der Waals surface area contributed by atoms with E-state index >= 15 is 0 Å². The highest BCUT2D eigenvalue weighted by Crippen LogP contribution is 2.28. The lowest BCUT2D eigenvalue weighted by atomic mass is 10.1. The second-order valence-electron chi connectivity index (χ2n) is 5.40. The average molecular weight is 321 g/mol. The maximum Gasteiger partial charge on any atom is 0.0595 e. The van der Waals surface area contributed by atoms with Gasteiger partial charge in [-0.1, -0.05) is 47.5 Å². The minimum atomic E-state index is 0.219. The van der Waals surface area contributed by atoms with Crippen LogP contribution in [0.25, 0.3) is 0 Å². The van der Waals surface area contributed by atoms with Crippen molar-refractivity contribution in [3.05, 3.63) is 63.1 Å². The Kier molecular flexibility index (Phi) is 4.39. The summed E-state index contributed by atoms with van der Waals surface area (Å²) in [5, 5.41) is 8.22. The zero-order chi connectivity index (χ0) is 14.8. The van der Waals surface area contributed by atoms with E-state index in [-0.39, 0.29) is 6.04 Å². The fourth-order valence-corrected chi connectivity index (χ4v) is 3.03. The van der Waals surface area contributed by atoms with E-state index in [1.54, 1.807) is 0 Å². The Balaban J connectivity index is 1.70. The molecule has 0 amide bonds. The van der Waals surface area contributed by atoms with Crippen LogP contribution >= 0.6 is 23.2 Å². The topological polar surface area (TPSA) is 24.1 Å². The number of halogens is 2. The molecule has 0 aromatic heterocycles. The highest BCUT2D eigenvalue weighted by Gasteiger charge is 2.14. The number of hydrogen-bond donors (Lipinski definition) is 2. The number of benzene rings is 2.